The van der Waals surface area contributed by atoms with Crippen LogP contribution in [0, 0.1) is 0 Å². The topological polar surface area (TPSA) is 24.5 Å². The number of nitrogens with one attached hydrogen (secondary N) is 1. The van der Waals surface area contributed by atoms with E-state index in [1.165, 1.54) is 22.5 Å². The standard InChI is InChI=1S/C17H18N2O/c1-20-13-6-7-15-16(10-13)19-9-8-12-4-2-3-5-14(12)17(19)11-18-15/h2-7,10,17-18H,8-9,11H2,1H3. The van der Waals surface area contributed by atoms with Gasteiger partial charge < -0.3 is 15.0 Å². The van der Waals surface area contributed by atoms with E-state index in [-0.39, 0.29) is 0 Å². The van der Waals surface area contributed by atoms with Gasteiger partial charge in [0.1, 0.15) is 5.75 Å². The van der Waals surface area contributed by atoms with Crippen LogP contribution in [0.2, 0.25) is 0 Å². The van der Waals surface area contributed by atoms with Crippen LogP contribution in [0.1, 0.15) is 17.2 Å². The summed E-state index contributed by atoms with van der Waals surface area (Å²) in [6.45, 7) is 2.04. The maximum absolute atomic E-state index is 5.38. The largest absolute Gasteiger partial charge is 0.497 e. The highest BCUT2D eigenvalue weighted by molar-refractivity contribution is 5.75. The predicted octanol–water partition coefficient (Wildman–Crippen LogP) is 3.22. The summed E-state index contributed by atoms with van der Waals surface area (Å²) in [5.74, 6) is 0.921. The molecular formula is C17H18N2O. The van der Waals surface area contributed by atoms with Gasteiger partial charge in [-0.3, -0.25) is 0 Å². The molecule has 1 N–H and O–H groups in total. The number of hydrogen-bond acceptors (Lipinski definition) is 3. The summed E-state index contributed by atoms with van der Waals surface area (Å²) < 4.78 is 5.38. The van der Waals surface area contributed by atoms with Crippen molar-refractivity contribution in [1.29, 1.82) is 0 Å². The van der Waals surface area contributed by atoms with E-state index in [1.54, 1.807) is 7.11 Å². The minimum atomic E-state index is 0.430. The monoisotopic (exact) mass is 266 g/mol. The second-order valence-corrected chi connectivity index (χ2v) is 5.42. The van der Waals surface area contributed by atoms with Crippen LogP contribution in [-0.4, -0.2) is 20.2 Å². The van der Waals surface area contributed by atoms with Crippen LogP contribution in [0.4, 0.5) is 11.4 Å². The quantitative estimate of drug-likeness (QED) is 0.857. The predicted molar refractivity (Wildman–Crippen MR) is 81.7 cm³/mol. The minimum Gasteiger partial charge on any atom is -0.497 e. The van der Waals surface area contributed by atoms with Crippen LogP contribution in [0.15, 0.2) is 42.5 Å². The zero-order valence-corrected chi connectivity index (χ0v) is 11.6. The highest BCUT2D eigenvalue weighted by atomic mass is 16.5. The molecule has 0 bridgehead atoms. The van der Waals surface area contributed by atoms with E-state index in [1.807, 2.05) is 6.07 Å². The summed E-state index contributed by atoms with van der Waals surface area (Å²) in [6.07, 6.45) is 1.11. The van der Waals surface area contributed by atoms with Crippen molar-refractivity contribution in [2.24, 2.45) is 0 Å². The van der Waals surface area contributed by atoms with Crippen molar-refractivity contribution in [1.82, 2.24) is 0 Å². The van der Waals surface area contributed by atoms with Gasteiger partial charge in [0.2, 0.25) is 0 Å². The van der Waals surface area contributed by atoms with Gasteiger partial charge in [-0.15, -0.1) is 0 Å². The van der Waals surface area contributed by atoms with Gasteiger partial charge in [-0.2, -0.15) is 0 Å². The van der Waals surface area contributed by atoms with Crippen molar-refractivity contribution in [3.8, 4) is 5.75 Å². The third-order valence-electron chi connectivity index (χ3n) is 4.41. The lowest BCUT2D eigenvalue weighted by molar-refractivity contribution is 0.414. The molecule has 4 rings (SSSR count). The van der Waals surface area contributed by atoms with E-state index in [4.69, 9.17) is 4.74 Å². The first-order valence-electron chi connectivity index (χ1n) is 7.13. The lowest BCUT2D eigenvalue weighted by atomic mass is 9.90. The minimum absolute atomic E-state index is 0.430. The summed E-state index contributed by atoms with van der Waals surface area (Å²) in [4.78, 5) is 2.51. The maximum Gasteiger partial charge on any atom is 0.121 e. The van der Waals surface area contributed by atoms with Crippen molar-refractivity contribution in [2.75, 3.05) is 30.4 Å². The van der Waals surface area contributed by atoms with Crippen LogP contribution in [-0.2, 0) is 6.42 Å². The molecule has 2 aliphatic rings. The van der Waals surface area contributed by atoms with E-state index >= 15 is 0 Å². The summed E-state index contributed by atoms with van der Waals surface area (Å²) in [5.41, 5.74) is 5.41. The molecule has 0 spiro atoms. The first-order valence-corrected chi connectivity index (χ1v) is 7.13. The molecule has 0 aliphatic carbocycles. The number of benzene rings is 2. The van der Waals surface area contributed by atoms with E-state index in [0.29, 0.717) is 6.04 Å². The van der Waals surface area contributed by atoms with Crippen molar-refractivity contribution < 1.29 is 4.74 Å². The van der Waals surface area contributed by atoms with Crippen LogP contribution in [0.5, 0.6) is 5.75 Å². The van der Waals surface area contributed by atoms with Crippen LogP contribution in [0.25, 0.3) is 0 Å². The second-order valence-electron chi connectivity index (χ2n) is 5.42. The lowest BCUT2D eigenvalue weighted by Gasteiger charge is -2.43. The van der Waals surface area contributed by atoms with Crippen molar-refractivity contribution in [3.63, 3.8) is 0 Å². The Labute approximate surface area is 119 Å². The number of methoxy groups -OCH3 is 1. The van der Waals surface area contributed by atoms with Gasteiger partial charge in [0, 0.05) is 19.2 Å². The third kappa shape index (κ3) is 1.66. The molecule has 2 aliphatic heterocycles. The van der Waals surface area contributed by atoms with Gasteiger partial charge in [-0.1, -0.05) is 24.3 Å². The Kier molecular flexibility index (Phi) is 2.59. The SMILES string of the molecule is COc1ccc2c(c1)N1CCc3ccccc3C1CN2. The zero-order valence-electron chi connectivity index (χ0n) is 11.6. The van der Waals surface area contributed by atoms with Gasteiger partial charge in [-0.25, -0.2) is 0 Å². The van der Waals surface area contributed by atoms with E-state index < -0.39 is 0 Å². The number of rotatable bonds is 1. The van der Waals surface area contributed by atoms with Crippen molar-refractivity contribution in [2.45, 2.75) is 12.5 Å². The second kappa shape index (κ2) is 4.44. The molecule has 3 nitrogen and oxygen atoms in total. The molecule has 2 heterocycles. The Hall–Kier alpha value is -2.16. The average Bonchev–Trinajstić information content (AvgIpc) is 2.53. The fraction of sp³-hybridized carbons (Fsp3) is 0.294. The fourth-order valence-corrected chi connectivity index (χ4v) is 3.39. The normalized spacial score (nSPS) is 19.4. The van der Waals surface area contributed by atoms with E-state index in [9.17, 15) is 0 Å². The molecule has 3 heteroatoms. The molecule has 102 valence electrons. The number of anilines is 2. The zero-order chi connectivity index (χ0) is 13.5. The molecule has 2 aromatic rings. The molecular weight excluding hydrogens is 248 g/mol. The van der Waals surface area contributed by atoms with Crippen LogP contribution in [0.3, 0.4) is 0 Å². The van der Waals surface area contributed by atoms with Gasteiger partial charge in [0.05, 0.1) is 24.5 Å². The lowest BCUT2D eigenvalue weighted by Crippen LogP contribution is -2.42. The van der Waals surface area contributed by atoms with Crippen molar-refractivity contribution in [3.05, 3.63) is 53.6 Å². The molecule has 2 aromatic carbocycles. The molecule has 0 radical (unpaired) electrons. The maximum atomic E-state index is 5.38. The third-order valence-corrected chi connectivity index (χ3v) is 4.41. The van der Waals surface area contributed by atoms with E-state index in [0.717, 1.165) is 25.3 Å². The molecule has 0 saturated carbocycles. The molecule has 0 saturated heterocycles. The molecule has 1 unspecified atom stereocenters. The Morgan fingerprint density at radius 2 is 2.10 bits per heavy atom. The Bertz CT molecular complexity index is 653. The summed E-state index contributed by atoms with van der Waals surface area (Å²) in [7, 11) is 1.72. The van der Waals surface area contributed by atoms with Gasteiger partial charge in [-0.05, 0) is 29.7 Å². The number of nitrogens with zero attached hydrogens (tertiary/aromatic N) is 1. The van der Waals surface area contributed by atoms with Gasteiger partial charge in [0.15, 0.2) is 0 Å². The first-order chi connectivity index (χ1) is 9.86. The highest BCUT2D eigenvalue weighted by Gasteiger charge is 2.31. The molecule has 20 heavy (non-hydrogen) atoms. The summed E-state index contributed by atoms with van der Waals surface area (Å²) in [6, 6.07) is 15.5. The van der Waals surface area contributed by atoms with Gasteiger partial charge >= 0.3 is 0 Å². The molecule has 0 amide bonds. The fourth-order valence-electron chi connectivity index (χ4n) is 3.39. The Morgan fingerprint density at radius 3 is 3.00 bits per heavy atom. The van der Waals surface area contributed by atoms with Gasteiger partial charge in [0.25, 0.3) is 0 Å². The number of hydrogen-bond donors (Lipinski definition) is 1. The van der Waals surface area contributed by atoms with Crippen LogP contribution < -0.4 is 15.0 Å². The molecule has 0 aromatic heterocycles. The Morgan fingerprint density at radius 1 is 1.20 bits per heavy atom. The highest BCUT2D eigenvalue weighted by Crippen LogP contribution is 2.42. The number of ether oxygens (including phenoxy) is 1. The van der Waals surface area contributed by atoms with E-state index in [2.05, 4.69) is 46.6 Å². The molecule has 0 fully saturated rings. The van der Waals surface area contributed by atoms with Crippen molar-refractivity contribution >= 4 is 11.4 Å². The summed E-state index contributed by atoms with van der Waals surface area (Å²) in [5, 5.41) is 3.56. The first kappa shape index (κ1) is 11.6. The smallest absolute Gasteiger partial charge is 0.121 e. The van der Waals surface area contributed by atoms with Crippen LogP contribution >= 0.6 is 0 Å². The average molecular weight is 266 g/mol. The Balaban J connectivity index is 1.80. The molecule has 1 atom stereocenters. The summed E-state index contributed by atoms with van der Waals surface area (Å²) >= 11 is 0. The number of fused-ring (bicyclic) bond motifs is 5.